The van der Waals surface area contributed by atoms with Crippen LogP contribution >= 0.6 is 0 Å². The summed E-state index contributed by atoms with van der Waals surface area (Å²) in [6.45, 7) is 8.86. The number of likely N-dealkylation sites (N-methyl/N-ethyl adjacent to an activating group) is 1. The van der Waals surface area contributed by atoms with Crippen molar-refractivity contribution in [3.63, 3.8) is 0 Å². The lowest BCUT2D eigenvalue weighted by molar-refractivity contribution is -0.134. The molecule has 0 N–H and O–H groups in total. The summed E-state index contributed by atoms with van der Waals surface area (Å²) in [5, 5.41) is 0. The second-order valence-electron chi connectivity index (χ2n) is 6.93. The van der Waals surface area contributed by atoms with Crippen molar-refractivity contribution >= 4 is 5.91 Å². The predicted molar refractivity (Wildman–Crippen MR) is 106 cm³/mol. The van der Waals surface area contributed by atoms with Crippen LogP contribution in [0.2, 0.25) is 0 Å². The molecule has 0 spiro atoms. The molecule has 1 heterocycles. The summed E-state index contributed by atoms with van der Waals surface area (Å²) < 4.78 is 0. The minimum atomic E-state index is 0.252. The smallest absolute Gasteiger partial charge is 0.236 e. The second kappa shape index (κ2) is 9.51. The van der Waals surface area contributed by atoms with Crippen LogP contribution in [0.5, 0.6) is 0 Å². The number of nitrogens with zero attached hydrogens (tertiary/aromatic N) is 3. The summed E-state index contributed by atoms with van der Waals surface area (Å²) in [6.07, 6.45) is 0. The van der Waals surface area contributed by atoms with E-state index in [0.717, 1.165) is 45.8 Å². The molecule has 0 unspecified atom stereocenters. The molecule has 2 aromatic rings. The summed E-state index contributed by atoms with van der Waals surface area (Å²) in [5.41, 5.74) is 2.60. The van der Waals surface area contributed by atoms with Crippen molar-refractivity contribution in [2.45, 2.75) is 20.0 Å². The Hall–Kier alpha value is -2.17. The van der Waals surface area contributed by atoms with E-state index >= 15 is 0 Å². The van der Waals surface area contributed by atoms with Crippen LogP contribution in [-0.2, 0) is 17.9 Å². The summed E-state index contributed by atoms with van der Waals surface area (Å²) in [5.74, 6) is 0.252. The SMILES string of the molecule is CCN(CC(=O)N1CCN(Cc2ccccc2)CC1)Cc1ccccc1. The van der Waals surface area contributed by atoms with E-state index in [2.05, 4.69) is 71.3 Å². The van der Waals surface area contributed by atoms with Crippen LogP contribution in [0.1, 0.15) is 18.1 Å². The van der Waals surface area contributed by atoms with Gasteiger partial charge in [0.1, 0.15) is 0 Å². The highest BCUT2D eigenvalue weighted by Gasteiger charge is 2.22. The third-order valence-electron chi connectivity index (χ3n) is 5.03. The minimum absolute atomic E-state index is 0.252. The highest BCUT2D eigenvalue weighted by molar-refractivity contribution is 5.78. The average Bonchev–Trinajstić information content (AvgIpc) is 2.69. The Bertz CT molecular complexity index is 666. The quantitative estimate of drug-likeness (QED) is 0.767. The fourth-order valence-corrected chi connectivity index (χ4v) is 3.41. The molecule has 1 amide bonds. The highest BCUT2D eigenvalue weighted by atomic mass is 16.2. The number of rotatable bonds is 7. The highest BCUT2D eigenvalue weighted by Crippen LogP contribution is 2.10. The Labute approximate surface area is 157 Å². The van der Waals surface area contributed by atoms with Gasteiger partial charge in [-0.05, 0) is 17.7 Å². The zero-order chi connectivity index (χ0) is 18.2. The first-order chi connectivity index (χ1) is 12.7. The number of hydrogen-bond donors (Lipinski definition) is 0. The van der Waals surface area contributed by atoms with Gasteiger partial charge in [0.05, 0.1) is 6.54 Å². The molecule has 1 saturated heterocycles. The topological polar surface area (TPSA) is 26.8 Å². The van der Waals surface area contributed by atoms with E-state index < -0.39 is 0 Å². The molecule has 0 radical (unpaired) electrons. The first kappa shape index (κ1) is 18.6. The standard InChI is InChI=1S/C22H29N3O/c1-2-23(17-20-9-5-3-6-10-20)19-22(26)25-15-13-24(14-16-25)18-21-11-7-4-8-12-21/h3-12H,2,13-19H2,1H3. The van der Waals surface area contributed by atoms with Crippen molar-refractivity contribution in [3.05, 3.63) is 71.8 Å². The van der Waals surface area contributed by atoms with Crippen molar-refractivity contribution in [1.29, 1.82) is 0 Å². The van der Waals surface area contributed by atoms with Crippen molar-refractivity contribution in [3.8, 4) is 0 Å². The molecule has 26 heavy (non-hydrogen) atoms. The molecule has 1 aliphatic heterocycles. The zero-order valence-electron chi connectivity index (χ0n) is 15.7. The number of carbonyl (C=O) groups is 1. The monoisotopic (exact) mass is 351 g/mol. The van der Waals surface area contributed by atoms with E-state index in [4.69, 9.17) is 0 Å². The van der Waals surface area contributed by atoms with Crippen LogP contribution < -0.4 is 0 Å². The molecule has 1 aliphatic rings. The van der Waals surface area contributed by atoms with Gasteiger partial charge in [-0.2, -0.15) is 0 Å². The molecule has 0 saturated carbocycles. The summed E-state index contributed by atoms with van der Waals surface area (Å²) in [7, 11) is 0. The van der Waals surface area contributed by atoms with Crippen LogP contribution in [0, 0.1) is 0 Å². The Balaban J connectivity index is 1.45. The van der Waals surface area contributed by atoms with Crippen LogP contribution in [0.25, 0.3) is 0 Å². The molecule has 0 aromatic heterocycles. The minimum Gasteiger partial charge on any atom is -0.339 e. The molecule has 3 rings (SSSR count). The van der Waals surface area contributed by atoms with Crippen LogP contribution in [0.3, 0.4) is 0 Å². The van der Waals surface area contributed by atoms with E-state index in [1.165, 1.54) is 11.1 Å². The third kappa shape index (κ3) is 5.41. The van der Waals surface area contributed by atoms with E-state index in [1.807, 2.05) is 11.0 Å². The summed E-state index contributed by atoms with van der Waals surface area (Å²) in [4.78, 5) is 19.4. The first-order valence-corrected chi connectivity index (χ1v) is 9.55. The van der Waals surface area contributed by atoms with Crippen LogP contribution in [0.15, 0.2) is 60.7 Å². The zero-order valence-corrected chi connectivity index (χ0v) is 15.7. The fraction of sp³-hybridized carbons (Fsp3) is 0.409. The van der Waals surface area contributed by atoms with Crippen molar-refractivity contribution in [2.24, 2.45) is 0 Å². The van der Waals surface area contributed by atoms with E-state index in [-0.39, 0.29) is 5.91 Å². The van der Waals surface area contributed by atoms with Crippen molar-refractivity contribution < 1.29 is 4.79 Å². The number of benzene rings is 2. The fourth-order valence-electron chi connectivity index (χ4n) is 3.41. The van der Waals surface area contributed by atoms with Gasteiger partial charge in [0, 0.05) is 39.3 Å². The lowest BCUT2D eigenvalue weighted by atomic mass is 10.2. The third-order valence-corrected chi connectivity index (χ3v) is 5.03. The molecule has 138 valence electrons. The first-order valence-electron chi connectivity index (χ1n) is 9.55. The predicted octanol–water partition coefficient (Wildman–Crippen LogP) is 2.85. The summed E-state index contributed by atoms with van der Waals surface area (Å²) in [6, 6.07) is 20.9. The van der Waals surface area contributed by atoms with E-state index in [1.54, 1.807) is 0 Å². The van der Waals surface area contributed by atoms with Gasteiger partial charge in [-0.25, -0.2) is 0 Å². The van der Waals surface area contributed by atoms with Crippen LogP contribution in [0.4, 0.5) is 0 Å². The van der Waals surface area contributed by atoms with Crippen molar-refractivity contribution in [2.75, 3.05) is 39.3 Å². The molecule has 0 aliphatic carbocycles. The summed E-state index contributed by atoms with van der Waals surface area (Å²) >= 11 is 0. The molecule has 2 aromatic carbocycles. The lowest BCUT2D eigenvalue weighted by Gasteiger charge is -2.35. The van der Waals surface area contributed by atoms with Crippen LogP contribution in [-0.4, -0.2) is 59.9 Å². The lowest BCUT2D eigenvalue weighted by Crippen LogP contribution is -2.50. The number of amides is 1. The van der Waals surface area contributed by atoms with E-state index in [0.29, 0.717) is 6.54 Å². The molecule has 4 heteroatoms. The maximum atomic E-state index is 12.7. The Morgan fingerprint density at radius 2 is 1.46 bits per heavy atom. The van der Waals surface area contributed by atoms with Gasteiger partial charge in [-0.3, -0.25) is 14.6 Å². The Kier molecular flexibility index (Phi) is 6.81. The number of hydrogen-bond acceptors (Lipinski definition) is 3. The van der Waals surface area contributed by atoms with Gasteiger partial charge in [0.25, 0.3) is 0 Å². The van der Waals surface area contributed by atoms with Gasteiger partial charge in [-0.1, -0.05) is 67.6 Å². The van der Waals surface area contributed by atoms with Gasteiger partial charge >= 0.3 is 0 Å². The Morgan fingerprint density at radius 3 is 2.04 bits per heavy atom. The van der Waals surface area contributed by atoms with Gasteiger partial charge in [0.15, 0.2) is 0 Å². The van der Waals surface area contributed by atoms with Gasteiger partial charge < -0.3 is 4.90 Å². The molecule has 4 nitrogen and oxygen atoms in total. The van der Waals surface area contributed by atoms with Crippen molar-refractivity contribution in [1.82, 2.24) is 14.7 Å². The average molecular weight is 351 g/mol. The maximum absolute atomic E-state index is 12.7. The second-order valence-corrected chi connectivity index (χ2v) is 6.93. The molecule has 0 atom stereocenters. The maximum Gasteiger partial charge on any atom is 0.236 e. The molecule has 1 fully saturated rings. The molecular weight excluding hydrogens is 322 g/mol. The normalized spacial score (nSPS) is 15.4. The van der Waals surface area contributed by atoms with Gasteiger partial charge in [0.2, 0.25) is 5.91 Å². The van der Waals surface area contributed by atoms with E-state index in [9.17, 15) is 4.79 Å². The number of carbonyl (C=O) groups excluding carboxylic acids is 1. The molecule has 0 bridgehead atoms. The Morgan fingerprint density at radius 1 is 0.885 bits per heavy atom. The van der Waals surface area contributed by atoms with Gasteiger partial charge in [-0.15, -0.1) is 0 Å². The molecular formula is C22H29N3O. The number of piperazine rings is 1. The largest absolute Gasteiger partial charge is 0.339 e.